The fourth-order valence-corrected chi connectivity index (χ4v) is 8.80. The standard InChI is InChI=1S/C16H21.2ClH.Zr/c1-4-5-6-7-14-9-8-13(3)15-10-12(2)11-16(14)15;;;/h8-11H,4-7H2,1-3H3;2*1H;/q;;;+2/p-2. The van der Waals surface area contributed by atoms with E-state index in [2.05, 4.69) is 39.0 Å². The quantitative estimate of drug-likeness (QED) is 0.545. The van der Waals surface area contributed by atoms with Crippen LogP contribution in [0.25, 0.3) is 6.08 Å². The molecule has 0 saturated carbocycles. The molecular formula is C16H21Cl2Zr. The summed E-state index contributed by atoms with van der Waals surface area (Å²) in [4.78, 5) is 0. The molecule has 1 aromatic carbocycles. The van der Waals surface area contributed by atoms with Crippen LogP contribution in [0.4, 0.5) is 0 Å². The van der Waals surface area contributed by atoms with Crippen molar-refractivity contribution in [1.82, 2.24) is 0 Å². The summed E-state index contributed by atoms with van der Waals surface area (Å²) >= 11 is -2.29. The third kappa shape index (κ3) is 3.37. The molecule has 0 aliphatic heterocycles. The van der Waals surface area contributed by atoms with Crippen LogP contribution in [0.15, 0.2) is 17.7 Å². The number of halogens is 2. The van der Waals surface area contributed by atoms with Gasteiger partial charge >= 0.3 is 133 Å². The van der Waals surface area contributed by atoms with Gasteiger partial charge in [0.1, 0.15) is 0 Å². The molecule has 0 heterocycles. The number of benzene rings is 1. The van der Waals surface area contributed by atoms with Crippen LogP contribution in [-0.4, -0.2) is 0 Å². The van der Waals surface area contributed by atoms with Crippen molar-refractivity contribution in [2.24, 2.45) is 0 Å². The van der Waals surface area contributed by atoms with Gasteiger partial charge in [-0.1, -0.05) is 0 Å². The predicted octanol–water partition coefficient (Wildman–Crippen LogP) is 6.11. The van der Waals surface area contributed by atoms with Gasteiger partial charge in [0.25, 0.3) is 0 Å². The van der Waals surface area contributed by atoms with E-state index in [1.165, 1.54) is 53.5 Å². The predicted molar refractivity (Wildman–Crippen MR) is 82.5 cm³/mol. The second-order valence-corrected chi connectivity index (χ2v) is 14.2. The van der Waals surface area contributed by atoms with Gasteiger partial charge in [0.05, 0.1) is 0 Å². The van der Waals surface area contributed by atoms with Crippen LogP contribution >= 0.6 is 17.0 Å². The van der Waals surface area contributed by atoms with Gasteiger partial charge in [-0.15, -0.1) is 0 Å². The summed E-state index contributed by atoms with van der Waals surface area (Å²) in [6.45, 7) is 6.62. The van der Waals surface area contributed by atoms with Crippen molar-refractivity contribution in [1.29, 1.82) is 0 Å². The van der Waals surface area contributed by atoms with Crippen molar-refractivity contribution in [2.75, 3.05) is 0 Å². The van der Waals surface area contributed by atoms with Gasteiger partial charge in [0.15, 0.2) is 0 Å². The van der Waals surface area contributed by atoms with E-state index in [4.69, 9.17) is 17.0 Å². The Hall–Kier alpha value is 0.423. The summed E-state index contributed by atoms with van der Waals surface area (Å²) in [5.41, 5.74) is 7.07. The van der Waals surface area contributed by atoms with E-state index in [1.54, 1.807) is 0 Å². The van der Waals surface area contributed by atoms with Crippen molar-refractivity contribution in [2.45, 2.75) is 50.1 Å². The molecule has 0 N–H and O–H groups in total. The number of rotatable bonds is 5. The molecule has 0 aromatic heterocycles. The minimum atomic E-state index is -2.29. The summed E-state index contributed by atoms with van der Waals surface area (Å²) in [7, 11) is 12.8. The molecule has 19 heavy (non-hydrogen) atoms. The molecule has 1 aliphatic carbocycles. The molecule has 103 valence electrons. The Morgan fingerprint density at radius 3 is 2.53 bits per heavy atom. The Kier molecular flexibility index (Phi) is 5.76. The van der Waals surface area contributed by atoms with E-state index in [0.717, 1.165) is 0 Å². The number of allylic oxidation sites excluding steroid dienone is 1. The molecule has 2 rings (SSSR count). The number of aryl methyl sites for hydroxylation is 2. The molecule has 1 atom stereocenters. The van der Waals surface area contributed by atoms with E-state index in [-0.39, 0.29) is 0 Å². The maximum absolute atomic E-state index is 6.38. The number of fused-ring (bicyclic) bond motifs is 1. The first kappa shape index (κ1) is 15.8. The number of hydrogen-bond acceptors (Lipinski definition) is 0. The van der Waals surface area contributed by atoms with Crippen molar-refractivity contribution in [3.8, 4) is 0 Å². The van der Waals surface area contributed by atoms with Gasteiger partial charge < -0.3 is 0 Å². The zero-order valence-electron chi connectivity index (χ0n) is 11.9. The summed E-state index contributed by atoms with van der Waals surface area (Å²) in [6.07, 6.45) is 7.36. The van der Waals surface area contributed by atoms with Gasteiger partial charge in [-0.3, -0.25) is 0 Å². The molecule has 1 aromatic rings. The SMILES string of the molecule is CCCCCc1ccc(C)c2c1C=C(C)[CH]2[Zr]([Cl])[Cl]. The van der Waals surface area contributed by atoms with Crippen LogP contribution in [-0.2, 0) is 25.8 Å². The molecule has 0 spiro atoms. The first-order valence-electron chi connectivity index (χ1n) is 7.04. The Bertz CT molecular complexity index is 492. The average Bonchev–Trinajstić information content (AvgIpc) is 2.70. The number of hydrogen-bond donors (Lipinski definition) is 0. The van der Waals surface area contributed by atoms with Gasteiger partial charge in [0.2, 0.25) is 0 Å². The molecular weight excluding hydrogens is 354 g/mol. The van der Waals surface area contributed by atoms with Gasteiger partial charge in [-0.25, -0.2) is 0 Å². The minimum absolute atomic E-state index is 0.367. The third-order valence-corrected chi connectivity index (χ3v) is 9.46. The van der Waals surface area contributed by atoms with E-state index in [1.807, 2.05) is 0 Å². The Morgan fingerprint density at radius 2 is 1.89 bits per heavy atom. The molecule has 0 fully saturated rings. The van der Waals surface area contributed by atoms with E-state index < -0.39 is 19.4 Å². The molecule has 0 nitrogen and oxygen atoms in total. The Morgan fingerprint density at radius 1 is 1.16 bits per heavy atom. The summed E-state index contributed by atoms with van der Waals surface area (Å²) in [5.74, 6) is 0. The number of unbranched alkanes of at least 4 members (excludes halogenated alkanes) is 2. The first-order valence-corrected chi connectivity index (χ1v) is 14.8. The molecule has 3 heteroatoms. The summed E-state index contributed by atoms with van der Waals surface area (Å²) in [6, 6.07) is 4.54. The zero-order chi connectivity index (χ0) is 14.0. The normalized spacial score (nSPS) is 17.3. The Labute approximate surface area is 132 Å². The van der Waals surface area contributed by atoms with Gasteiger partial charge in [-0.05, 0) is 0 Å². The van der Waals surface area contributed by atoms with Gasteiger partial charge in [-0.2, -0.15) is 0 Å². The van der Waals surface area contributed by atoms with Crippen LogP contribution in [0.3, 0.4) is 0 Å². The third-order valence-electron chi connectivity index (χ3n) is 3.98. The van der Waals surface area contributed by atoms with E-state index in [9.17, 15) is 0 Å². The van der Waals surface area contributed by atoms with Gasteiger partial charge in [0, 0.05) is 0 Å². The van der Waals surface area contributed by atoms with E-state index >= 15 is 0 Å². The van der Waals surface area contributed by atoms with Crippen molar-refractivity contribution >= 4 is 23.1 Å². The van der Waals surface area contributed by atoms with Crippen LogP contribution < -0.4 is 0 Å². The molecule has 0 bridgehead atoms. The summed E-state index contributed by atoms with van der Waals surface area (Å²) < 4.78 is 0.367. The second-order valence-electron chi connectivity index (χ2n) is 5.44. The zero-order valence-corrected chi connectivity index (χ0v) is 15.9. The molecule has 0 amide bonds. The van der Waals surface area contributed by atoms with Crippen molar-refractivity contribution < 1.29 is 19.4 Å². The van der Waals surface area contributed by atoms with Crippen LogP contribution in [0, 0.1) is 6.92 Å². The molecule has 0 saturated heterocycles. The average molecular weight is 375 g/mol. The van der Waals surface area contributed by atoms with Crippen LogP contribution in [0.1, 0.15) is 59.0 Å². The second kappa shape index (κ2) is 6.92. The van der Waals surface area contributed by atoms with Crippen molar-refractivity contribution in [3.63, 3.8) is 0 Å². The fraction of sp³-hybridized carbons (Fsp3) is 0.500. The summed E-state index contributed by atoms with van der Waals surface area (Å²) in [5, 5.41) is 0. The van der Waals surface area contributed by atoms with Crippen LogP contribution in [0.2, 0.25) is 0 Å². The van der Waals surface area contributed by atoms with Crippen molar-refractivity contribution in [3.05, 3.63) is 40.0 Å². The Balaban J connectivity index is 2.36. The first-order chi connectivity index (χ1) is 9.06. The topological polar surface area (TPSA) is 0 Å². The fourth-order valence-electron chi connectivity index (χ4n) is 2.95. The maximum atomic E-state index is 6.38. The van der Waals surface area contributed by atoms with E-state index in [0.29, 0.717) is 3.63 Å². The molecule has 1 aliphatic rings. The molecule has 1 unspecified atom stereocenters. The molecule has 0 radical (unpaired) electrons. The van der Waals surface area contributed by atoms with Crippen LogP contribution in [0.5, 0.6) is 0 Å². The monoisotopic (exact) mass is 373 g/mol.